The highest BCUT2D eigenvalue weighted by Crippen LogP contribution is 2.19. The van der Waals surface area contributed by atoms with E-state index in [1.54, 1.807) is 0 Å². The van der Waals surface area contributed by atoms with Crippen molar-refractivity contribution in [3.63, 3.8) is 0 Å². The van der Waals surface area contributed by atoms with E-state index in [1.807, 2.05) is 14.0 Å². The molecule has 0 bridgehead atoms. The van der Waals surface area contributed by atoms with Gasteiger partial charge in [0.25, 0.3) is 0 Å². The molecule has 5 heteroatoms. The van der Waals surface area contributed by atoms with Crippen LogP contribution in [0.15, 0.2) is 18.2 Å². The van der Waals surface area contributed by atoms with Crippen molar-refractivity contribution < 1.29 is 4.79 Å². The second kappa shape index (κ2) is 6.93. The van der Waals surface area contributed by atoms with Crippen molar-refractivity contribution in [3.8, 4) is 0 Å². The molecule has 5 nitrogen and oxygen atoms in total. The molecule has 0 aliphatic carbocycles. The van der Waals surface area contributed by atoms with Crippen LogP contribution >= 0.6 is 0 Å². The summed E-state index contributed by atoms with van der Waals surface area (Å²) in [6.07, 6.45) is 2.10. The number of amides is 1. The van der Waals surface area contributed by atoms with Gasteiger partial charge in [-0.3, -0.25) is 4.79 Å². The van der Waals surface area contributed by atoms with Crippen LogP contribution in [0.4, 0.5) is 0 Å². The molecule has 1 amide bonds. The first-order chi connectivity index (χ1) is 11.5. The molecule has 1 saturated heterocycles. The van der Waals surface area contributed by atoms with E-state index in [4.69, 9.17) is 0 Å². The fourth-order valence-corrected chi connectivity index (χ4v) is 3.50. The maximum atomic E-state index is 12.5. The molecule has 1 aromatic carbocycles. The normalized spacial score (nSPS) is 19.1. The zero-order valence-electron chi connectivity index (χ0n) is 15.2. The lowest BCUT2D eigenvalue weighted by Crippen LogP contribution is -2.45. The molecule has 1 aromatic heterocycles. The molecule has 0 saturated carbocycles. The molecule has 3 rings (SSSR count). The molecule has 1 unspecified atom stereocenters. The molecule has 1 fully saturated rings. The van der Waals surface area contributed by atoms with Crippen LogP contribution in [0.3, 0.4) is 0 Å². The third-order valence-electron chi connectivity index (χ3n) is 5.19. The minimum absolute atomic E-state index is 0.113. The van der Waals surface area contributed by atoms with E-state index in [-0.39, 0.29) is 11.8 Å². The number of piperidine rings is 1. The fourth-order valence-electron chi connectivity index (χ4n) is 3.50. The fraction of sp³-hybridized carbons (Fsp3) is 0.579. The van der Waals surface area contributed by atoms with Gasteiger partial charge < -0.3 is 14.8 Å². The zero-order valence-corrected chi connectivity index (χ0v) is 15.2. The number of nitrogens with one attached hydrogen (secondary N) is 1. The number of benzene rings is 1. The summed E-state index contributed by atoms with van der Waals surface area (Å²) in [7, 11) is 2.02. The van der Waals surface area contributed by atoms with Crippen molar-refractivity contribution in [2.75, 3.05) is 13.1 Å². The second-order valence-corrected chi connectivity index (χ2v) is 7.19. The van der Waals surface area contributed by atoms with Gasteiger partial charge in [-0.15, -0.1) is 0 Å². The minimum Gasteiger partial charge on any atom is -0.352 e. The number of hydrogen-bond acceptors (Lipinski definition) is 3. The third kappa shape index (κ3) is 3.46. The van der Waals surface area contributed by atoms with E-state index >= 15 is 0 Å². The summed E-state index contributed by atoms with van der Waals surface area (Å²) < 4.78 is 2.08. The van der Waals surface area contributed by atoms with Gasteiger partial charge in [-0.05, 0) is 57.9 Å². The van der Waals surface area contributed by atoms with Crippen LogP contribution in [-0.4, -0.2) is 39.5 Å². The molecule has 2 heterocycles. The molecule has 0 radical (unpaired) electrons. The second-order valence-electron chi connectivity index (χ2n) is 7.19. The van der Waals surface area contributed by atoms with Gasteiger partial charge in [-0.2, -0.15) is 0 Å². The summed E-state index contributed by atoms with van der Waals surface area (Å²) in [6.45, 7) is 8.96. The molecule has 1 aliphatic rings. The lowest BCUT2D eigenvalue weighted by atomic mass is 9.96. The van der Waals surface area contributed by atoms with Crippen LogP contribution in [0, 0.1) is 12.8 Å². The maximum absolute atomic E-state index is 12.5. The highest BCUT2D eigenvalue weighted by atomic mass is 16.1. The average molecular weight is 328 g/mol. The van der Waals surface area contributed by atoms with Crippen LogP contribution in [0.2, 0.25) is 0 Å². The van der Waals surface area contributed by atoms with Crippen LogP contribution in [0.1, 0.15) is 38.1 Å². The van der Waals surface area contributed by atoms with E-state index in [2.05, 4.69) is 51.8 Å². The Morgan fingerprint density at radius 2 is 2.21 bits per heavy atom. The number of aromatic nitrogens is 2. The minimum atomic E-state index is 0.113. The van der Waals surface area contributed by atoms with Gasteiger partial charge in [-0.1, -0.05) is 6.07 Å². The number of hydrogen-bond donors (Lipinski definition) is 1. The van der Waals surface area contributed by atoms with E-state index in [0.29, 0.717) is 12.6 Å². The van der Waals surface area contributed by atoms with Gasteiger partial charge in [0.05, 0.1) is 17.0 Å². The lowest BCUT2D eigenvalue weighted by Gasteiger charge is -2.34. The molecule has 24 heavy (non-hydrogen) atoms. The molecular weight excluding hydrogens is 300 g/mol. The van der Waals surface area contributed by atoms with Gasteiger partial charge in [-0.25, -0.2) is 4.98 Å². The van der Waals surface area contributed by atoms with E-state index in [0.717, 1.165) is 48.4 Å². The van der Waals surface area contributed by atoms with Gasteiger partial charge in [0.15, 0.2) is 0 Å². The first-order valence-electron chi connectivity index (χ1n) is 8.89. The highest BCUT2D eigenvalue weighted by molar-refractivity contribution is 5.80. The quantitative estimate of drug-likeness (QED) is 0.938. The van der Waals surface area contributed by atoms with Crippen molar-refractivity contribution in [3.05, 3.63) is 29.6 Å². The summed E-state index contributed by atoms with van der Waals surface area (Å²) in [4.78, 5) is 19.5. The summed E-state index contributed by atoms with van der Waals surface area (Å²) in [5.41, 5.74) is 3.22. The number of imidazole rings is 1. The van der Waals surface area contributed by atoms with Crippen molar-refractivity contribution in [1.82, 2.24) is 19.8 Å². The summed E-state index contributed by atoms with van der Waals surface area (Å²) >= 11 is 0. The number of nitrogens with zero attached hydrogens (tertiary/aromatic N) is 3. The van der Waals surface area contributed by atoms with Crippen LogP contribution in [-0.2, 0) is 18.4 Å². The summed E-state index contributed by atoms with van der Waals surface area (Å²) in [5, 5.41) is 3.11. The Hall–Kier alpha value is -1.88. The van der Waals surface area contributed by atoms with Gasteiger partial charge in [0.2, 0.25) is 5.91 Å². The topological polar surface area (TPSA) is 50.2 Å². The Morgan fingerprint density at radius 1 is 1.42 bits per heavy atom. The van der Waals surface area contributed by atoms with E-state index in [1.165, 1.54) is 0 Å². The van der Waals surface area contributed by atoms with Gasteiger partial charge >= 0.3 is 0 Å². The average Bonchev–Trinajstić information content (AvgIpc) is 2.86. The summed E-state index contributed by atoms with van der Waals surface area (Å²) in [5.74, 6) is 1.29. The maximum Gasteiger partial charge on any atom is 0.224 e. The molecule has 130 valence electrons. The predicted octanol–water partition coefficient (Wildman–Crippen LogP) is 2.62. The number of carbonyl (C=O) groups is 1. The Balaban J connectivity index is 1.61. The zero-order chi connectivity index (χ0) is 17.3. The Kier molecular flexibility index (Phi) is 4.90. The molecule has 1 aliphatic heterocycles. The molecule has 0 spiro atoms. The summed E-state index contributed by atoms with van der Waals surface area (Å²) in [6, 6.07) is 6.74. The number of rotatable bonds is 4. The van der Waals surface area contributed by atoms with Crippen LogP contribution in [0.25, 0.3) is 11.0 Å². The van der Waals surface area contributed by atoms with Crippen LogP contribution in [0.5, 0.6) is 0 Å². The predicted molar refractivity (Wildman–Crippen MR) is 96.7 cm³/mol. The largest absolute Gasteiger partial charge is 0.352 e. The van der Waals surface area contributed by atoms with Crippen LogP contribution < -0.4 is 5.32 Å². The molecule has 1 N–H and O–H groups in total. The SMILES string of the molecule is Cc1nc2cc(CNC(=O)C3CCCN(C(C)C)C3)ccc2n1C. The lowest BCUT2D eigenvalue weighted by molar-refractivity contribution is -0.127. The Labute approximate surface area is 144 Å². The first-order valence-corrected chi connectivity index (χ1v) is 8.89. The first kappa shape index (κ1) is 17.0. The number of carbonyl (C=O) groups excluding carboxylic acids is 1. The molecule has 1 atom stereocenters. The van der Waals surface area contributed by atoms with E-state index < -0.39 is 0 Å². The van der Waals surface area contributed by atoms with Crippen molar-refractivity contribution in [2.24, 2.45) is 13.0 Å². The number of aryl methyl sites for hydroxylation is 2. The molecular formula is C19H28N4O. The highest BCUT2D eigenvalue weighted by Gasteiger charge is 2.26. The van der Waals surface area contributed by atoms with Gasteiger partial charge in [0.1, 0.15) is 5.82 Å². The van der Waals surface area contributed by atoms with Gasteiger partial charge in [0, 0.05) is 26.2 Å². The number of likely N-dealkylation sites (tertiary alicyclic amines) is 1. The van der Waals surface area contributed by atoms with Crippen molar-refractivity contribution in [1.29, 1.82) is 0 Å². The molecule has 2 aromatic rings. The van der Waals surface area contributed by atoms with E-state index in [9.17, 15) is 4.79 Å². The van der Waals surface area contributed by atoms with Crippen molar-refractivity contribution in [2.45, 2.75) is 46.2 Å². The Morgan fingerprint density at radius 3 is 2.96 bits per heavy atom. The smallest absolute Gasteiger partial charge is 0.224 e. The Bertz CT molecular complexity index is 734. The van der Waals surface area contributed by atoms with Crippen molar-refractivity contribution >= 4 is 16.9 Å². The number of fused-ring (bicyclic) bond motifs is 1. The monoisotopic (exact) mass is 328 g/mol. The third-order valence-corrected chi connectivity index (χ3v) is 5.19. The standard InChI is InChI=1S/C19H28N4O/c1-13(2)23-9-5-6-16(12-23)19(24)20-11-15-7-8-18-17(10-15)21-14(3)22(18)4/h7-8,10,13,16H,5-6,9,11-12H2,1-4H3,(H,20,24).